The summed E-state index contributed by atoms with van der Waals surface area (Å²) in [4.78, 5) is 29.7. The van der Waals surface area contributed by atoms with E-state index in [-0.39, 0.29) is 24.4 Å². The molecule has 3 aromatic rings. The van der Waals surface area contributed by atoms with Crippen LogP contribution in [-0.4, -0.2) is 20.7 Å². The summed E-state index contributed by atoms with van der Waals surface area (Å²) in [7, 11) is 0. The first-order chi connectivity index (χ1) is 14.8. The molecule has 0 radical (unpaired) electrons. The maximum Gasteiger partial charge on any atom is 0.270 e. The zero-order chi connectivity index (χ0) is 22.5. The van der Waals surface area contributed by atoms with Crippen molar-refractivity contribution in [2.24, 2.45) is 5.73 Å². The number of nitrogens with zero attached hydrogens (tertiary/aromatic N) is 3. The molecule has 2 aromatic heterocycles. The fourth-order valence-electron chi connectivity index (χ4n) is 3.21. The van der Waals surface area contributed by atoms with Crippen LogP contribution in [0.2, 0.25) is 5.02 Å². The van der Waals surface area contributed by atoms with Crippen molar-refractivity contribution >= 4 is 17.5 Å². The van der Waals surface area contributed by atoms with Gasteiger partial charge in [-0.25, -0.2) is 9.67 Å². The minimum absolute atomic E-state index is 0.0388. The van der Waals surface area contributed by atoms with Crippen LogP contribution in [0.3, 0.4) is 0 Å². The lowest BCUT2D eigenvalue weighted by atomic mass is 10.1. The fraction of sp³-hybridized carbons (Fsp3) is 0.364. The SMILES string of the molecule is Cc1cnn(CCc2nc(C)c(C)o2)c(=O)c1CC(=O)NCc1cc(Cl)ccc1CN. The van der Waals surface area contributed by atoms with Crippen LogP contribution in [0.4, 0.5) is 0 Å². The smallest absolute Gasteiger partial charge is 0.270 e. The van der Waals surface area contributed by atoms with E-state index in [0.717, 1.165) is 22.6 Å². The van der Waals surface area contributed by atoms with Gasteiger partial charge in [-0.15, -0.1) is 0 Å². The van der Waals surface area contributed by atoms with Gasteiger partial charge >= 0.3 is 0 Å². The van der Waals surface area contributed by atoms with Gasteiger partial charge in [0, 0.05) is 30.1 Å². The van der Waals surface area contributed by atoms with Gasteiger partial charge in [-0.1, -0.05) is 17.7 Å². The molecule has 2 heterocycles. The lowest BCUT2D eigenvalue weighted by Gasteiger charge is -2.12. The summed E-state index contributed by atoms with van der Waals surface area (Å²) in [6.45, 7) is 6.43. The predicted octanol–water partition coefficient (Wildman–Crippen LogP) is 2.37. The van der Waals surface area contributed by atoms with Gasteiger partial charge in [0.1, 0.15) is 5.76 Å². The number of hydrogen-bond acceptors (Lipinski definition) is 6. The second kappa shape index (κ2) is 9.89. The average Bonchev–Trinajstić information content (AvgIpc) is 3.06. The molecule has 8 nitrogen and oxygen atoms in total. The summed E-state index contributed by atoms with van der Waals surface area (Å²) < 4.78 is 6.90. The summed E-state index contributed by atoms with van der Waals surface area (Å²) in [5.74, 6) is 1.05. The molecule has 31 heavy (non-hydrogen) atoms. The highest BCUT2D eigenvalue weighted by Crippen LogP contribution is 2.16. The van der Waals surface area contributed by atoms with E-state index in [1.165, 1.54) is 4.68 Å². The minimum atomic E-state index is -0.291. The Balaban J connectivity index is 1.68. The number of aryl methyl sites for hydroxylation is 5. The highest BCUT2D eigenvalue weighted by molar-refractivity contribution is 6.30. The highest BCUT2D eigenvalue weighted by Gasteiger charge is 2.14. The molecule has 0 unspecified atom stereocenters. The van der Waals surface area contributed by atoms with E-state index in [1.54, 1.807) is 25.3 Å². The van der Waals surface area contributed by atoms with E-state index in [0.29, 0.717) is 41.6 Å². The molecule has 0 saturated carbocycles. The second-order valence-corrected chi connectivity index (χ2v) is 7.84. The number of benzene rings is 1. The first-order valence-corrected chi connectivity index (χ1v) is 10.4. The number of halogens is 1. The maximum atomic E-state index is 12.9. The maximum absolute atomic E-state index is 12.9. The number of oxazole rings is 1. The van der Waals surface area contributed by atoms with Crippen LogP contribution >= 0.6 is 11.6 Å². The Morgan fingerprint density at radius 3 is 2.71 bits per heavy atom. The summed E-state index contributed by atoms with van der Waals surface area (Å²) in [6, 6.07) is 5.38. The number of nitrogens with one attached hydrogen (secondary N) is 1. The number of hydrogen-bond donors (Lipinski definition) is 2. The van der Waals surface area contributed by atoms with Crippen molar-refractivity contribution in [2.45, 2.75) is 53.2 Å². The van der Waals surface area contributed by atoms with E-state index in [9.17, 15) is 9.59 Å². The first kappa shape index (κ1) is 22.7. The molecule has 0 aliphatic carbocycles. The van der Waals surface area contributed by atoms with Crippen LogP contribution in [0.15, 0.2) is 33.6 Å². The molecule has 1 aromatic carbocycles. The third kappa shape index (κ3) is 5.59. The van der Waals surface area contributed by atoms with Gasteiger partial charge in [0.2, 0.25) is 5.91 Å². The van der Waals surface area contributed by atoms with Gasteiger partial charge in [-0.3, -0.25) is 9.59 Å². The molecule has 0 aliphatic rings. The number of amides is 1. The number of aromatic nitrogens is 3. The Hall–Kier alpha value is -2.97. The molecule has 0 aliphatic heterocycles. The van der Waals surface area contributed by atoms with Gasteiger partial charge in [0.25, 0.3) is 5.56 Å². The lowest BCUT2D eigenvalue weighted by molar-refractivity contribution is -0.120. The van der Waals surface area contributed by atoms with E-state index < -0.39 is 0 Å². The summed E-state index contributed by atoms with van der Waals surface area (Å²) >= 11 is 6.05. The highest BCUT2D eigenvalue weighted by atomic mass is 35.5. The molecule has 9 heteroatoms. The van der Waals surface area contributed by atoms with Crippen molar-refractivity contribution < 1.29 is 9.21 Å². The normalized spacial score (nSPS) is 11.0. The summed E-state index contributed by atoms with van der Waals surface area (Å²) in [5.41, 5.74) is 9.13. The first-order valence-electron chi connectivity index (χ1n) is 10.0. The molecule has 164 valence electrons. The molecule has 3 rings (SSSR count). The molecular weight excluding hydrogens is 418 g/mol. The van der Waals surface area contributed by atoms with Crippen LogP contribution in [0.5, 0.6) is 0 Å². The fourth-order valence-corrected chi connectivity index (χ4v) is 3.40. The standard InChI is InChI=1S/C22H26ClN5O3/c1-13-11-26-28(7-6-21-27-14(2)15(3)31-21)22(30)19(13)9-20(29)25-12-17-8-18(23)5-4-16(17)10-24/h4-5,8,11H,6-7,9-10,12,24H2,1-3H3,(H,25,29). The Bertz CT molecular complexity index is 1130. The van der Waals surface area contributed by atoms with Crippen LogP contribution < -0.4 is 16.6 Å². The zero-order valence-electron chi connectivity index (χ0n) is 17.9. The molecular formula is C22H26ClN5O3. The van der Waals surface area contributed by atoms with Crippen molar-refractivity contribution in [3.05, 3.63) is 79.4 Å². The molecule has 0 atom stereocenters. The van der Waals surface area contributed by atoms with Crippen molar-refractivity contribution in [3.8, 4) is 0 Å². The second-order valence-electron chi connectivity index (χ2n) is 7.40. The van der Waals surface area contributed by atoms with Gasteiger partial charge in [0.05, 0.1) is 24.9 Å². The van der Waals surface area contributed by atoms with Gasteiger partial charge < -0.3 is 15.5 Å². The van der Waals surface area contributed by atoms with Crippen LogP contribution in [-0.2, 0) is 37.3 Å². The van der Waals surface area contributed by atoms with E-state index >= 15 is 0 Å². The molecule has 3 N–H and O–H groups in total. The van der Waals surface area contributed by atoms with Crippen molar-refractivity contribution in [3.63, 3.8) is 0 Å². The van der Waals surface area contributed by atoms with E-state index in [4.69, 9.17) is 21.8 Å². The summed E-state index contributed by atoms with van der Waals surface area (Å²) in [5, 5.41) is 7.61. The van der Waals surface area contributed by atoms with E-state index in [1.807, 2.05) is 19.9 Å². The molecule has 1 amide bonds. The number of nitrogens with two attached hydrogens (primary N) is 1. The summed E-state index contributed by atoms with van der Waals surface area (Å²) in [6.07, 6.45) is 2.00. The van der Waals surface area contributed by atoms with Crippen LogP contribution in [0.25, 0.3) is 0 Å². The zero-order valence-corrected chi connectivity index (χ0v) is 18.6. The lowest BCUT2D eigenvalue weighted by Crippen LogP contribution is -2.32. The molecule has 0 spiro atoms. The van der Waals surface area contributed by atoms with Crippen molar-refractivity contribution in [1.29, 1.82) is 0 Å². The Kier molecular flexibility index (Phi) is 7.25. The number of carbonyl (C=O) groups is 1. The van der Waals surface area contributed by atoms with Crippen LogP contribution in [0, 0.1) is 20.8 Å². The van der Waals surface area contributed by atoms with Gasteiger partial charge in [-0.2, -0.15) is 5.10 Å². The Morgan fingerprint density at radius 2 is 2.03 bits per heavy atom. The quantitative estimate of drug-likeness (QED) is 0.552. The topological polar surface area (TPSA) is 116 Å². The largest absolute Gasteiger partial charge is 0.446 e. The minimum Gasteiger partial charge on any atom is -0.446 e. The van der Waals surface area contributed by atoms with E-state index in [2.05, 4.69) is 15.4 Å². The van der Waals surface area contributed by atoms with Crippen molar-refractivity contribution in [1.82, 2.24) is 20.1 Å². The number of rotatable bonds is 8. The number of carbonyl (C=O) groups excluding carboxylic acids is 1. The Labute approximate surface area is 185 Å². The molecule has 0 saturated heterocycles. The monoisotopic (exact) mass is 443 g/mol. The third-order valence-electron chi connectivity index (χ3n) is 5.17. The third-order valence-corrected chi connectivity index (χ3v) is 5.41. The molecule has 0 bridgehead atoms. The van der Waals surface area contributed by atoms with Gasteiger partial charge in [-0.05, 0) is 49.6 Å². The predicted molar refractivity (Wildman–Crippen MR) is 118 cm³/mol. The van der Waals surface area contributed by atoms with Crippen LogP contribution in [0.1, 0.15) is 39.6 Å². The van der Waals surface area contributed by atoms with Gasteiger partial charge in [0.15, 0.2) is 5.89 Å². The molecule has 0 fully saturated rings. The average molecular weight is 444 g/mol. The van der Waals surface area contributed by atoms with Crippen molar-refractivity contribution in [2.75, 3.05) is 0 Å². The Morgan fingerprint density at radius 1 is 1.26 bits per heavy atom.